The quantitative estimate of drug-likeness (QED) is 0.643. The highest BCUT2D eigenvalue weighted by atomic mass is 32.2. The number of rotatable bonds is 5. The molecule has 8 nitrogen and oxygen atoms in total. The van der Waals surface area contributed by atoms with Crippen LogP contribution in [0.3, 0.4) is 0 Å². The number of hydrogen-bond donors (Lipinski definition) is 1. The van der Waals surface area contributed by atoms with Crippen LogP contribution in [0.4, 0.5) is 11.4 Å². The molecule has 1 aliphatic rings. The molecule has 1 saturated heterocycles. The Morgan fingerprint density at radius 3 is 2.62 bits per heavy atom. The second-order valence-corrected chi connectivity index (χ2v) is 6.42. The summed E-state index contributed by atoms with van der Waals surface area (Å²) < 4.78 is 31.3. The van der Waals surface area contributed by atoms with E-state index in [1.54, 1.807) is 0 Å². The zero-order chi connectivity index (χ0) is 15.5. The molecule has 1 heterocycles. The van der Waals surface area contributed by atoms with E-state index in [1.165, 1.54) is 16.4 Å². The van der Waals surface area contributed by atoms with Gasteiger partial charge in [-0.15, -0.1) is 0 Å². The van der Waals surface area contributed by atoms with Crippen molar-refractivity contribution in [1.29, 1.82) is 0 Å². The van der Waals surface area contributed by atoms with Crippen molar-refractivity contribution >= 4 is 21.4 Å². The van der Waals surface area contributed by atoms with Gasteiger partial charge in [0.15, 0.2) is 0 Å². The number of sulfonamides is 1. The number of nitro groups is 1. The summed E-state index contributed by atoms with van der Waals surface area (Å²) in [5.41, 5.74) is 0.0645. The molecule has 0 aromatic heterocycles. The lowest BCUT2D eigenvalue weighted by Crippen LogP contribution is -2.40. The van der Waals surface area contributed by atoms with E-state index in [9.17, 15) is 18.5 Å². The minimum atomic E-state index is -3.73. The number of nitrogens with zero attached hydrogens (tertiary/aromatic N) is 2. The summed E-state index contributed by atoms with van der Waals surface area (Å²) in [6.07, 6.45) is 0. The van der Waals surface area contributed by atoms with Crippen LogP contribution >= 0.6 is 0 Å². The molecule has 116 valence electrons. The zero-order valence-corrected chi connectivity index (χ0v) is 12.4. The molecule has 0 atom stereocenters. The van der Waals surface area contributed by atoms with Crippen LogP contribution in [-0.2, 0) is 14.8 Å². The number of morpholine rings is 1. The van der Waals surface area contributed by atoms with E-state index in [1.807, 2.05) is 6.92 Å². The lowest BCUT2D eigenvalue weighted by Gasteiger charge is -2.26. The maximum Gasteiger partial charge on any atom is 0.293 e. The third kappa shape index (κ3) is 3.31. The van der Waals surface area contributed by atoms with Gasteiger partial charge in [0, 0.05) is 25.7 Å². The summed E-state index contributed by atoms with van der Waals surface area (Å²) in [6.45, 7) is 3.49. The van der Waals surface area contributed by atoms with Gasteiger partial charge in [-0.3, -0.25) is 10.1 Å². The standard InChI is InChI=1S/C12H17N3O5S/c1-2-13-11-4-3-10(9-12(11)15(16)17)21(18,19)14-5-7-20-8-6-14/h3-4,9,13H,2,5-8H2,1H3. The smallest absolute Gasteiger partial charge is 0.293 e. The molecule has 0 amide bonds. The molecule has 9 heteroatoms. The minimum absolute atomic E-state index is 0.0715. The van der Waals surface area contributed by atoms with Crippen LogP contribution in [0.2, 0.25) is 0 Å². The van der Waals surface area contributed by atoms with Gasteiger partial charge in [-0.2, -0.15) is 4.31 Å². The first-order valence-electron chi connectivity index (χ1n) is 6.57. The van der Waals surface area contributed by atoms with Crippen molar-refractivity contribution in [2.75, 3.05) is 38.2 Å². The molecule has 1 aliphatic heterocycles. The average Bonchev–Trinajstić information content (AvgIpc) is 2.48. The molecule has 0 bridgehead atoms. The van der Waals surface area contributed by atoms with Gasteiger partial charge in [-0.1, -0.05) is 0 Å². The fourth-order valence-electron chi connectivity index (χ4n) is 2.10. The summed E-state index contributed by atoms with van der Waals surface area (Å²) in [4.78, 5) is 10.4. The highest BCUT2D eigenvalue weighted by Crippen LogP contribution is 2.29. The lowest BCUT2D eigenvalue weighted by molar-refractivity contribution is -0.384. The Bertz CT molecular complexity index is 626. The first-order chi connectivity index (χ1) is 9.96. The van der Waals surface area contributed by atoms with E-state index < -0.39 is 14.9 Å². The monoisotopic (exact) mass is 315 g/mol. The topological polar surface area (TPSA) is 102 Å². The SMILES string of the molecule is CCNc1ccc(S(=O)(=O)N2CCOCC2)cc1[N+](=O)[O-]. The van der Waals surface area contributed by atoms with Gasteiger partial charge in [0.1, 0.15) is 5.69 Å². The van der Waals surface area contributed by atoms with E-state index in [2.05, 4.69) is 5.32 Å². The first-order valence-corrected chi connectivity index (χ1v) is 8.01. The Balaban J connectivity index is 2.39. The Morgan fingerprint density at radius 2 is 2.05 bits per heavy atom. The normalized spacial score (nSPS) is 16.6. The van der Waals surface area contributed by atoms with Crippen molar-refractivity contribution in [3.63, 3.8) is 0 Å². The summed E-state index contributed by atoms with van der Waals surface area (Å²) in [5.74, 6) is 0. The molecule has 1 fully saturated rings. The molecule has 1 N–H and O–H groups in total. The molecule has 21 heavy (non-hydrogen) atoms. The largest absolute Gasteiger partial charge is 0.380 e. The molecule has 1 aromatic rings. The van der Waals surface area contributed by atoms with Crippen LogP contribution in [0.15, 0.2) is 23.1 Å². The van der Waals surface area contributed by atoms with Crippen LogP contribution in [0, 0.1) is 10.1 Å². The predicted octanol–water partition coefficient (Wildman–Crippen LogP) is 1.05. The van der Waals surface area contributed by atoms with Gasteiger partial charge in [-0.25, -0.2) is 8.42 Å². The number of nitrogens with one attached hydrogen (secondary N) is 1. The van der Waals surface area contributed by atoms with Crippen molar-refractivity contribution in [2.24, 2.45) is 0 Å². The highest BCUT2D eigenvalue weighted by molar-refractivity contribution is 7.89. The lowest BCUT2D eigenvalue weighted by atomic mass is 10.2. The average molecular weight is 315 g/mol. The van der Waals surface area contributed by atoms with Crippen molar-refractivity contribution in [3.8, 4) is 0 Å². The number of hydrogen-bond acceptors (Lipinski definition) is 6. The van der Waals surface area contributed by atoms with E-state index >= 15 is 0 Å². The Morgan fingerprint density at radius 1 is 1.38 bits per heavy atom. The van der Waals surface area contributed by atoms with Gasteiger partial charge < -0.3 is 10.1 Å². The third-order valence-electron chi connectivity index (χ3n) is 3.14. The number of anilines is 1. The molecule has 0 saturated carbocycles. The van der Waals surface area contributed by atoms with Crippen LogP contribution in [0.1, 0.15) is 6.92 Å². The van der Waals surface area contributed by atoms with Crippen molar-refractivity contribution in [2.45, 2.75) is 11.8 Å². The number of benzene rings is 1. The van der Waals surface area contributed by atoms with Crippen molar-refractivity contribution in [1.82, 2.24) is 4.31 Å². The Labute approximate surface area is 122 Å². The zero-order valence-electron chi connectivity index (χ0n) is 11.6. The van der Waals surface area contributed by atoms with Crippen molar-refractivity contribution < 1.29 is 18.1 Å². The van der Waals surface area contributed by atoms with E-state index in [0.717, 1.165) is 6.07 Å². The van der Waals surface area contributed by atoms with Gasteiger partial charge in [0.05, 0.1) is 23.0 Å². The van der Waals surface area contributed by atoms with Gasteiger partial charge in [-0.05, 0) is 19.1 Å². The second kappa shape index (κ2) is 6.37. The molecule has 0 radical (unpaired) electrons. The first kappa shape index (κ1) is 15.7. The van der Waals surface area contributed by atoms with Gasteiger partial charge in [0.25, 0.3) is 5.69 Å². The summed E-state index contributed by atoms with van der Waals surface area (Å²) >= 11 is 0. The van der Waals surface area contributed by atoms with Crippen LogP contribution in [0.5, 0.6) is 0 Å². The molecule has 0 spiro atoms. The molecular weight excluding hydrogens is 298 g/mol. The molecule has 0 aliphatic carbocycles. The molecule has 2 rings (SSSR count). The van der Waals surface area contributed by atoms with E-state index in [-0.39, 0.29) is 23.7 Å². The van der Waals surface area contributed by atoms with Crippen LogP contribution in [0.25, 0.3) is 0 Å². The minimum Gasteiger partial charge on any atom is -0.380 e. The molecule has 1 aromatic carbocycles. The maximum atomic E-state index is 12.5. The predicted molar refractivity (Wildman–Crippen MR) is 76.8 cm³/mol. The molecular formula is C12H17N3O5S. The Hall–Kier alpha value is -1.71. The second-order valence-electron chi connectivity index (χ2n) is 4.48. The van der Waals surface area contributed by atoms with Gasteiger partial charge >= 0.3 is 0 Å². The Kier molecular flexibility index (Phi) is 4.76. The fourth-order valence-corrected chi connectivity index (χ4v) is 3.53. The van der Waals surface area contributed by atoms with E-state index in [0.29, 0.717) is 25.4 Å². The summed E-state index contributed by atoms with van der Waals surface area (Å²) in [7, 11) is -3.73. The summed E-state index contributed by atoms with van der Waals surface area (Å²) in [5, 5.41) is 13.9. The number of ether oxygens (including phenoxy) is 1. The van der Waals surface area contributed by atoms with E-state index in [4.69, 9.17) is 4.74 Å². The molecule has 0 unspecified atom stereocenters. The van der Waals surface area contributed by atoms with Crippen LogP contribution in [-0.4, -0.2) is 50.5 Å². The number of nitro benzene ring substituents is 1. The summed E-state index contributed by atoms with van der Waals surface area (Å²) in [6, 6.07) is 3.91. The maximum absolute atomic E-state index is 12.5. The third-order valence-corrected chi connectivity index (χ3v) is 5.04. The highest BCUT2D eigenvalue weighted by Gasteiger charge is 2.28. The van der Waals surface area contributed by atoms with Gasteiger partial charge in [0.2, 0.25) is 10.0 Å². The fraction of sp³-hybridized carbons (Fsp3) is 0.500. The van der Waals surface area contributed by atoms with Crippen molar-refractivity contribution in [3.05, 3.63) is 28.3 Å². The van der Waals surface area contributed by atoms with Crippen LogP contribution < -0.4 is 5.32 Å².